The maximum Gasteiger partial charge on any atom is 0.252 e. The minimum atomic E-state index is -0.136. The first-order chi connectivity index (χ1) is 18.9. The molecule has 0 unspecified atom stereocenters. The van der Waals surface area contributed by atoms with Crippen molar-refractivity contribution in [2.24, 2.45) is 0 Å². The molecule has 5 aromatic rings. The molecule has 9 heteroatoms. The first-order valence-electron chi connectivity index (χ1n) is 13.2. The second-order valence-electron chi connectivity index (χ2n) is 9.98. The number of H-pyrrole nitrogens is 1. The number of tetrazole rings is 1. The molecule has 0 bridgehead atoms. The third-order valence-electron chi connectivity index (χ3n) is 7.20. The molecule has 39 heavy (non-hydrogen) atoms. The highest BCUT2D eigenvalue weighted by Gasteiger charge is 2.27. The van der Waals surface area contributed by atoms with Crippen molar-refractivity contribution in [3.8, 4) is 5.75 Å². The van der Waals surface area contributed by atoms with E-state index in [0.29, 0.717) is 25.2 Å². The van der Waals surface area contributed by atoms with E-state index >= 15 is 0 Å². The molecule has 0 saturated carbocycles. The zero-order valence-electron chi connectivity index (χ0n) is 22.8. The molecule has 5 rings (SSSR count). The topological polar surface area (TPSA) is 102 Å². The fourth-order valence-electron chi connectivity index (χ4n) is 4.95. The maximum atomic E-state index is 13.2. The molecule has 9 nitrogen and oxygen atoms in total. The Morgan fingerprint density at radius 3 is 2.59 bits per heavy atom. The van der Waals surface area contributed by atoms with Crippen molar-refractivity contribution in [2.45, 2.75) is 59.3 Å². The summed E-state index contributed by atoms with van der Waals surface area (Å²) in [6.45, 7) is 7.73. The van der Waals surface area contributed by atoms with Gasteiger partial charge in [-0.15, -0.1) is 5.10 Å². The third kappa shape index (κ3) is 5.93. The van der Waals surface area contributed by atoms with E-state index in [1.54, 1.807) is 13.4 Å². The lowest BCUT2D eigenvalue weighted by Crippen LogP contribution is -2.32. The predicted octanol–water partition coefficient (Wildman–Crippen LogP) is 5.32. The lowest BCUT2D eigenvalue weighted by atomic mass is 10.0. The van der Waals surface area contributed by atoms with Crippen molar-refractivity contribution in [3.05, 3.63) is 105 Å². The van der Waals surface area contributed by atoms with Crippen LogP contribution in [0.2, 0.25) is 0 Å². The number of nitrogens with one attached hydrogen (secondary N) is 1. The number of aromatic nitrogens is 5. The molecular formula is C30H34N6O3. The smallest absolute Gasteiger partial charge is 0.252 e. The number of aromatic amines is 1. The maximum absolute atomic E-state index is 13.2. The first kappa shape index (κ1) is 26.4. The summed E-state index contributed by atoms with van der Waals surface area (Å²) in [6, 6.07) is 17.7. The highest BCUT2D eigenvalue weighted by molar-refractivity contribution is 5.80. The van der Waals surface area contributed by atoms with E-state index < -0.39 is 0 Å². The quantitative estimate of drug-likeness (QED) is 0.248. The van der Waals surface area contributed by atoms with Crippen molar-refractivity contribution in [3.63, 3.8) is 0 Å². The van der Waals surface area contributed by atoms with Gasteiger partial charge < -0.3 is 14.1 Å². The van der Waals surface area contributed by atoms with Gasteiger partial charge in [0.1, 0.15) is 11.5 Å². The van der Waals surface area contributed by atoms with Crippen molar-refractivity contribution < 1.29 is 9.15 Å². The van der Waals surface area contributed by atoms with E-state index in [4.69, 9.17) is 9.15 Å². The van der Waals surface area contributed by atoms with E-state index in [0.717, 1.165) is 52.2 Å². The van der Waals surface area contributed by atoms with Gasteiger partial charge in [-0.05, 0) is 95.2 Å². The summed E-state index contributed by atoms with van der Waals surface area (Å²) in [5, 5.41) is 13.8. The van der Waals surface area contributed by atoms with Crippen LogP contribution in [0.25, 0.3) is 10.9 Å². The number of furan rings is 1. The highest BCUT2D eigenvalue weighted by Crippen LogP contribution is 2.29. The summed E-state index contributed by atoms with van der Waals surface area (Å²) in [5.41, 5.74) is 4.84. The monoisotopic (exact) mass is 526 g/mol. The number of methoxy groups -OCH3 is 1. The fraction of sp³-hybridized carbons (Fsp3) is 0.333. The number of pyridine rings is 1. The summed E-state index contributed by atoms with van der Waals surface area (Å²) in [5.74, 6) is 2.37. The van der Waals surface area contributed by atoms with Crippen molar-refractivity contribution in [1.29, 1.82) is 0 Å². The number of hydrogen-bond donors (Lipinski definition) is 1. The molecule has 202 valence electrons. The molecule has 1 N–H and O–H groups in total. The lowest BCUT2D eigenvalue weighted by Gasteiger charge is -2.30. The number of fused-ring (bicyclic) bond motifs is 1. The van der Waals surface area contributed by atoms with Gasteiger partial charge >= 0.3 is 0 Å². The third-order valence-corrected chi connectivity index (χ3v) is 7.20. The van der Waals surface area contributed by atoms with Crippen LogP contribution in [0.15, 0.2) is 70.1 Å². The molecule has 2 aromatic carbocycles. The highest BCUT2D eigenvalue weighted by atomic mass is 16.5. The van der Waals surface area contributed by atoms with E-state index in [2.05, 4.69) is 52.2 Å². The zero-order chi connectivity index (χ0) is 27.4. The van der Waals surface area contributed by atoms with Crippen LogP contribution in [0.3, 0.4) is 0 Å². The Morgan fingerprint density at radius 1 is 1.08 bits per heavy atom. The second-order valence-corrected chi connectivity index (χ2v) is 9.98. The number of nitrogens with zero attached hydrogens (tertiary/aromatic N) is 5. The molecule has 0 aliphatic rings. The molecule has 0 aliphatic heterocycles. The molecule has 0 aliphatic carbocycles. The minimum Gasteiger partial charge on any atom is -0.497 e. The number of aryl methyl sites for hydroxylation is 2. The van der Waals surface area contributed by atoms with Crippen LogP contribution >= 0.6 is 0 Å². The normalized spacial score (nSPS) is 12.3. The van der Waals surface area contributed by atoms with Gasteiger partial charge in [0.15, 0.2) is 5.82 Å². The second kappa shape index (κ2) is 11.7. The molecular weight excluding hydrogens is 492 g/mol. The standard InChI is InChI=1S/C30H34N6O3/c1-5-7-28(29-32-33-34-36(29)17-22-9-11-25(38-4)12-10-22)35(19-26-8-6-13-39-26)18-24-16-23-14-20(2)21(3)15-27(23)31-30(24)37/h6,8-16,28H,5,7,17-19H2,1-4H3,(H,31,37)/t28-/m0/s1. The van der Waals surface area contributed by atoms with Crippen LogP contribution < -0.4 is 10.3 Å². The van der Waals surface area contributed by atoms with Crippen molar-refractivity contribution in [2.75, 3.05) is 7.11 Å². The van der Waals surface area contributed by atoms with Crippen LogP contribution in [-0.4, -0.2) is 37.2 Å². The molecule has 3 aromatic heterocycles. The molecule has 0 saturated heterocycles. The van der Waals surface area contributed by atoms with Crippen LogP contribution in [0.5, 0.6) is 5.75 Å². The Balaban J connectivity index is 1.51. The fourth-order valence-corrected chi connectivity index (χ4v) is 4.95. The molecule has 3 heterocycles. The van der Waals surface area contributed by atoms with E-state index in [1.165, 1.54) is 5.56 Å². The van der Waals surface area contributed by atoms with Crippen LogP contribution in [-0.2, 0) is 19.6 Å². The number of benzene rings is 2. The van der Waals surface area contributed by atoms with Gasteiger partial charge in [0.05, 0.1) is 32.5 Å². The van der Waals surface area contributed by atoms with E-state index in [1.807, 2.05) is 53.2 Å². The zero-order valence-corrected chi connectivity index (χ0v) is 22.8. The summed E-state index contributed by atoms with van der Waals surface area (Å²) >= 11 is 0. The summed E-state index contributed by atoms with van der Waals surface area (Å²) in [7, 11) is 1.65. The number of ether oxygens (including phenoxy) is 1. The molecule has 0 amide bonds. The van der Waals surface area contributed by atoms with Crippen LogP contribution in [0, 0.1) is 13.8 Å². The Kier molecular flexibility index (Phi) is 7.88. The van der Waals surface area contributed by atoms with Gasteiger partial charge in [0.2, 0.25) is 0 Å². The Bertz CT molecular complexity index is 1590. The summed E-state index contributed by atoms with van der Waals surface area (Å²) in [4.78, 5) is 18.6. The van der Waals surface area contributed by atoms with Crippen molar-refractivity contribution in [1.82, 2.24) is 30.1 Å². The Labute approximate surface area is 227 Å². The summed E-state index contributed by atoms with van der Waals surface area (Å²) < 4.78 is 12.9. The van der Waals surface area contributed by atoms with E-state index in [-0.39, 0.29) is 11.6 Å². The van der Waals surface area contributed by atoms with Gasteiger partial charge in [-0.2, -0.15) is 0 Å². The Hall–Kier alpha value is -4.24. The SMILES string of the molecule is CCC[C@@H](c1nnnn1Cc1ccc(OC)cc1)N(Cc1ccco1)Cc1cc2cc(C)c(C)cc2[nH]c1=O. The average molecular weight is 527 g/mol. The largest absolute Gasteiger partial charge is 0.497 e. The Morgan fingerprint density at radius 2 is 1.87 bits per heavy atom. The van der Waals surface area contributed by atoms with Crippen LogP contribution in [0.4, 0.5) is 0 Å². The molecule has 0 spiro atoms. The molecule has 0 radical (unpaired) electrons. The molecule has 0 fully saturated rings. The van der Waals surface area contributed by atoms with Gasteiger partial charge in [-0.1, -0.05) is 25.5 Å². The van der Waals surface area contributed by atoms with Crippen LogP contribution in [0.1, 0.15) is 59.6 Å². The first-order valence-corrected chi connectivity index (χ1v) is 13.2. The lowest BCUT2D eigenvalue weighted by molar-refractivity contribution is 0.144. The molecule has 1 atom stereocenters. The average Bonchev–Trinajstić information content (AvgIpc) is 3.61. The minimum absolute atomic E-state index is 0.0942. The van der Waals surface area contributed by atoms with Crippen molar-refractivity contribution >= 4 is 10.9 Å². The van der Waals surface area contributed by atoms with E-state index in [9.17, 15) is 4.79 Å². The number of rotatable bonds is 11. The predicted molar refractivity (Wildman–Crippen MR) is 150 cm³/mol. The van der Waals surface area contributed by atoms with Gasteiger partial charge in [-0.3, -0.25) is 9.69 Å². The van der Waals surface area contributed by atoms with Gasteiger partial charge in [0, 0.05) is 17.6 Å². The van der Waals surface area contributed by atoms with Gasteiger partial charge in [-0.25, -0.2) is 4.68 Å². The number of hydrogen-bond acceptors (Lipinski definition) is 7. The summed E-state index contributed by atoms with van der Waals surface area (Å²) in [6.07, 6.45) is 3.40. The van der Waals surface area contributed by atoms with Gasteiger partial charge in [0.25, 0.3) is 5.56 Å².